The van der Waals surface area contributed by atoms with Gasteiger partial charge in [0.05, 0.1) is 26.4 Å². The van der Waals surface area contributed by atoms with Crippen molar-refractivity contribution in [3.8, 4) is 0 Å². The van der Waals surface area contributed by atoms with E-state index in [-0.39, 0.29) is 25.7 Å². The molecule has 654 valence electrons. The van der Waals surface area contributed by atoms with Crippen LogP contribution in [0.2, 0.25) is 0 Å². The van der Waals surface area contributed by atoms with Crippen molar-refractivity contribution in [2.24, 2.45) is 17.8 Å². The summed E-state index contributed by atoms with van der Waals surface area (Å²) in [5.41, 5.74) is 0. The summed E-state index contributed by atoms with van der Waals surface area (Å²) in [5, 5.41) is 10.7. The molecule has 0 heterocycles. The highest BCUT2D eigenvalue weighted by molar-refractivity contribution is 7.47. The summed E-state index contributed by atoms with van der Waals surface area (Å²) in [6.45, 7) is 12.1. The van der Waals surface area contributed by atoms with Crippen molar-refractivity contribution in [1.29, 1.82) is 0 Å². The molecule has 0 aliphatic heterocycles. The van der Waals surface area contributed by atoms with Gasteiger partial charge in [0, 0.05) is 25.7 Å². The molecule has 19 heteroatoms. The van der Waals surface area contributed by atoms with Crippen molar-refractivity contribution < 1.29 is 80.2 Å². The average molecular weight is 1610 g/mol. The number of hydrogen-bond acceptors (Lipinski definition) is 15. The topological polar surface area (TPSA) is 237 Å². The second kappa shape index (κ2) is 80.8. The second-order valence-corrected chi connectivity index (χ2v) is 36.8. The van der Waals surface area contributed by atoms with Crippen molar-refractivity contribution in [1.82, 2.24) is 0 Å². The molecule has 0 aromatic rings. The molecule has 0 fully saturated rings. The molecule has 0 saturated carbocycles. The number of hydrogen-bond donors (Lipinski definition) is 3. The molecule has 0 amide bonds. The van der Waals surface area contributed by atoms with Crippen LogP contribution >= 0.6 is 15.6 Å². The van der Waals surface area contributed by atoms with Crippen LogP contribution in [0.25, 0.3) is 0 Å². The van der Waals surface area contributed by atoms with Gasteiger partial charge in [0.15, 0.2) is 12.2 Å². The second-order valence-electron chi connectivity index (χ2n) is 33.9. The standard InChI is InChI=1S/C91H178O17P2/c1-8-10-11-12-13-14-15-16-17-18-22-29-34-39-44-53-60-67-75-91(96)108-87(79-102-89(94)73-66-59-52-47-46-50-57-64-71-84(7)9-2)81-106-110(99,100)104-77-85(92)76-103-109(97,98)105-80-86(78-101-88(93)72-65-58-51-43-38-33-28-25-24-27-32-37-42-49-56-63-70-83(5)6)107-90(95)74-68-61-54-45-40-35-30-23-20-19-21-26-31-36-41-48-55-62-69-82(3)4/h82-87,92H,8-81H2,1-7H3,(H,97,98)(H,99,100)/t84?,85-,86-,87-/m1/s1. The fraction of sp³-hybridized carbons (Fsp3) is 0.956. The van der Waals surface area contributed by atoms with E-state index >= 15 is 0 Å². The third kappa shape index (κ3) is 82.6. The number of esters is 4. The van der Waals surface area contributed by atoms with Crippen molar-refractivity contribution in [3.63, 3.8) is 0 Å². The number of ether oxygens (including phenoxy) is 4. The maximum atomic E-state index is 13.2. The van der Waals surface area contributed by atoms with E-state index in [1.807, 2.05) is 0 Å². The molecule has 3 unspecified atom stereocenters. The number of carbonyl (C=O) groups excluding carboxylic acids is 4. The normalized spacial score (nSPS) is 14.0. The summed E-state index contributed by atoms with van der Waals surface area (Å²) in [4.78, 5) is 73.4. The zero-order valence-corrected chi connectivity index (χ0v) is 74.5. The van der Waals surface area contributed by atoms with Gasteiger partial charge in [-0.25, -0.2) is 9.13 Å². The maximum Gasteiger partial charge on any atom is 0.472 e. The van der Waals surface area contributed by atoms with Crippen LogP contribution in [0, 0.1) is 17.8 Å². The van der Waals surface area contributed by atoms with Crippen molar-refractivity contribution in [2.45, 2.75) is 503 Å². The van der Waals surface area contributed by atoms with E-state index in [1.165, 1.54) is 295 Å². The predicted octanol–water partition coefficient (Wildman–Crippen LogP) is 28.0. The van der Waals surface area contributed by atoms with Crippen molar-refractivity contribution in [2.75, 3.05) is 39.6 Å². The van der Waals surface area contributed by atoms with Crippen LogP contribution in [0.15, 0.2) is 0 Å². The van der Waals surface area contributed by atoms with Gasteiger partial charge in [0.1, 0.15) is 19.3 Å². The summed E-state index contributed by atoms with van der Waals surface area (Å²) < 4.78 is 69.1. The molecule has 0 aliphatic rings. The van der Waals surface area contributed by atoms with Gasteiger partial charge in [-0.2, -0.15) is 0 Å². The van der Waals surface area contributed by atoms with Crippen LogP contribution in [-0.4, -0.2) is 96.7 Å². The van der Waals surface area contributed by atoms with Crippen LogP contribution in [0.4, 0.5) is 0 Å². The monoisotopic (exact) mass is 1610 g/mol. The summed E-state index contributed by atoms with van der Waals surface area (Å²) in [7, 11) is -9.94. The molecule has 0 aromatic carbocycles. The average Bonchev–Trinajstić information content (AvgIpc) is 0.897. The first kappa shape index (κ1) is 108. The lowest BCUT2D eigenvalue weighted by atomic mass is 9.99. The van der Waals surface area contributed by atoms with Crippen LogP contribution in [0.1, 0.15) is 485 Å². The molecule has 0 saturated heterocycles. The van der Waals surface area contributed by atoms with Crippen LogP contribution < -0.4 is 0 Å². The Morgan fingerprint density at radius 2 is 0.464 bits per heavy atom. The van der Waals surface area contributed by atoms with Crippen molar-refractivity contribution >= 4 is 39.5 Å². The van der Waals surface area contributed by atoms with Gasteiger partial charge in [-0.1, -0.05) is 434 Å². The third-order valence-electron chi connectivity index (χ3n) is 21.7. The molecule has 0 rings (SSSR count). The Balaban J connectivity index is 5.25. The van der Waals surface area contributed by atoms with E-state index in [4.69, 9.17) is 37.0 Å². The first-order chi connectivity index (χ1) is 53.3. The smallest absolute Gasteiger partial charge is 0.462 e. The summed E-state index contributed by atoms with van der Waals surface area (Å²) >= 11 is 0. The molecule has 17 nitrogen and oxygen atoms in total. The van der Waals surface area contributed by atoms with Gasteiger partial charge in [0.2, 0.25) is 0 Å². The lowest BCUT2D eigenvalue weighted by molar-refractivity contribution is -0.161. The molecule has 3 N–H and O–H groups in total. The number of unbranched alkanes of at least 4 members (excludes halogenated alkanes) is 56. The predicted molar refractivity (Wildman–Crippen MR) is 455 cm³/mol. The molecule has 0 radical (unpaired) electrons. The maximum absolute atomic E-state index is 13.2. The number of aliphatic hydroxyl groups is 1. The minimum absolute atomic E-state index is 0.108. The Labute approximate surface area is 677 Å². The SMILES string of the molecule is CCCCCCCCCCCCCCCCCCCCC(=O)O[C@H](COC(=O)CCCCCCCCCCC(C)CC)COP(=O)(O)OC[C@H](O)COP(=O)(O)OC[C@@H](COC(=O)CCCCCCCCCCCCCCCCCCC(C)C)OC(=O)CCCCCCCCCCCCCCCCCCCCC(C)C. The number of phosphoric acid groups is 2. The number of rotatable bonds is 89. The highest BCUT2D eigenvalue weighted by Crippen LogP contribution is 2.45. The molecule has 0 aliphatic carbocycles. The number of carbonyl (C=O) groups is 4. The molecule has 110 heavy (non-hydrogen) atoms. The molecular weight excluding hydrogens is 1430 g/mol. The van der Waals surface area contributed by atoms with Gasteiger partial charge < -0.3 is 33.8 Å². The molecule has 6 atom stereocenters. The summed E-state index contributed by atoms with van der Waals surface area (Å²) in [6, 6.07) is 0. The van der Waals surface area contributed by atoms with Gasteiger partial charge in [-0.3, -0.25) is 37.3 Å². The molecule has 0 bridgehead atoms. The van der Waals surface area contributed by atoms with Crippen LogP contribution in [-0.2, 0) is 65.4 Å². The van der Waals surface area contributed by atoms with E-state index in [0.29, 0.717) is 25.7 Å². The quantitative estimate of drug-likeness (QED) is 0.0222. The van der Waals surface area contributed by atoms with E-state index in [2.05, 4.69) is 48.5 Å². The first-order valence-electron chi connectivity index (χ1n) is 46.9. The highest BCUT2D eigenvalue weighted by Gasteiger charge is 2.31. The van der Waals surface area contributed by atoms with Gasteiger partial charge in [0.25, 0.3) is 0 Å². The Morgan fingerprint density at radius 3 is 0.691 bits per heavy atom. The fourth-order valence-corrected chi connectivity index (χ4v) is 15.8. The molecule has 0 spiro atoms. The highest BCUT2D eigenvalue weighted by atomic mass is 31.2. The minimum atomic E-state index is -4.97. The lowest BCUT2D eigenvalue weighted by Gasteiger charge is -2.21. The Hall–Kier alpha value is -1.94. The number of phosphoric ester groups is 2. The van der Waals surface area contributed by atoms with E-state index in [9.17, 15) is 43.2 Å². The Bertz CT molecular complexity index is 2120. The van der Waals surface area contributed by atoms with E-state index in [0.717, 1.165) is 108 Å². The molecule has 0 aromatic heterocycles. The first-order valence-corrected chi connectivity index (χ1v) is 49.9. The zero-order valence-electron chi connectivity index (χ0n) is 72.7. The Kier molecular flexibility index (Phi) is 79.4. The lowest BCUT2D eigenvalue weighted by Crippen LogP contribution is -2.30. The van der Waals surface area contributed by atoms with Gasteiger partial charge in [-0.05, 0) is 43.4 Å². The third-order valence-corrected chi connectivity index (χ3v) is 23.6. The zero-order chi connectivity index (χ0) is 80.8. The summed E-state index contributed by atoms with van der Waals surface area (Å²) in [6.07, 6.45) is 73.6. The summed E-state index contributed by atoms with van der Waals surface area (Å²) in [5.74, 6) is 0.313. The van der Waals surface area contributed by atoms with Crippen LogP contribution in [0.3, 0.4) is 0 Å². The van der Waals surface area contributed by atoms with E-state index in [1.54, 1.807) is 0 Å². The fourth-order valence-electron chi connectivity index (χ4n) is 14.2. The van der Waals surface area contributed by atoms with Gasteiger partial charge >= 0.3 is 39.5 Å². The molecular formula is C91H178O17P2. The largest absolute Gasteiger partial charge is 0.472 e. The van der Waals surface area contributed by atoms with Gasteiger partial charge in [-0.15, -0.1) is 0 Å². The Morgan fingerprint density at radius 1 is 0.264 bits per heavy atom. The van der Waals surface area contributed by atoms with Crippen molar-refractivity contribution in [3.05, 3.63) is 0 Å². The van der Waals surface area contributed by atoms with Crippen LogP contribution in [0.5, 0.6) is 0 Å². The van der Waals surface area contributed by atoms with E-state index < -0.39 is 97.5 Å². The minimum Gasteiger partial charge on any atom is -0.462 e. The number of aliphatic hydroxyl groups excluding tert-OH is 1.